The van der Waals surface area contributed by atoms with Crippen LogP contribution in [0.1, 0.15) is 38.3 Å². The molecule has 0 fully saturated rings. The highest BCUT2D eigenvalue weighted by molar-refractivity contribution is 9.10. The minimum Gasteiger partial charge on any atom is -0.352 e. The minimum absolute atomic E-state index is 0.0515. The van der Waals surface area contributed by atoms with Crippen molar-refractivity contribution in [1.82, 2.24) is 10.2 Å². The maximum absolute atomic E-state index is 13.1. The zero-order valence-corrected chi connectivity index (χ0v) is 19.9. The molecule has 2 atom stereocenters. The molecule has 0 aliphatic heterocycles. The molecule has 0 radical (unpaired) electrons. The molecule has 1 N–H and O–H groups in total. The lowest BCUT2D eigenvalue weighted by Crippen LogP contribution is -2.50. The number of carbonyl (C=O) groups excluding carboxylic acids is 2. The van der Waals surface area contributed by atoms with Crippen LogP contribution < -0.4 is 5.32 Å². The van der Waals surface area contributed by atoms with Gasteiger partial charge in [0.05, 0.1) is 5.75 Å². The summed E-state index contributed by atoms with van der Waals surface area (Å²) in [6.07, 6.45) is 0.825. The number of thioether (sulfide) groups is 1. The maximum Gasteiger partial charge on any atom is 0.242 e. The second-order valence-corrected chi connectivity index (χ2v) is 9.17. The van der Waals surface area contributed by atoms with Crippen LogP contribution in [0.25, 0.3) is 0 Å². The summed E-state index contributed by atoms with van der Waals surface area (Å²) in [6, 6.07) is 13.5. The first-order valence-corrected chi connectivity index (χ1v) is 11.9. The van der Waals surface area contributed by atoms with Gasteiger partial charge in [0, 0.05) is 22.8 Å². The van der Waals surface area contributed by atoms with Crippen molar-refractivity contribution in [3.8, 4) is 0 Å². The largest absolute Gasteiger partial charge is 0.352 e. The van der Waals surface area contributed by atoms with Crippen molar-refractivity contribution in [3.63, 3.8) is 0 Å². The predicted molar refractivity (Wildman–Crippen MR) is 125 cm³/mol. The summed E-state index contributed by atoms with van der Waals surface area (Å²) in [5.41, 5.74) is 1.90. The van der Waals surface area contributed by atoms with E-state index in [-0.39, 0.29) is 29.4 Å². The van der Waals surface area contributed by atoms with Crippen LogP contribution in [0.5, 0.6) is 0 Å². The minimum atomic E-state index is -0.586. The molecule has 7 heteroatoms. The smallest absolute Gasteiger partial charge is 0.242 e. The van der Waals surface area contributed by atoms with E-state index >= 15 is 0 Å². The fraction of sp³-hybridized carbons (Fsp3) is 0.391. The van der Waals surface area contributed by atoms with Crippen LogP contribution in [-0.2, 0) is 21.9 Å². The Morgan fingerprint density at radius 3 is 2.47 bits per heavy atom. The summed E-state index contributed by atoms with van der Waals surface area (Å²) in [5, 5.41) is 2.96. The quantitative estimate of drug-likeness (QED) is 0.496. The van der Waals surface area contributed by atoms with E-state index in [1.807, 2.05) is 38.1 Å². The lowest BCUT2D eigenvalue weighted by Gasteiger charge is -2.29. The molecule has 2 rings (SSSR count). The number of amides is 2. The Balaban J connectivity index is 2.07. The van der Waals surface area contributed by atoms with Gasteiger partial charge in [0.15, 0.2) is 0 Å². The average Bonchev–Trinajstić information content (AvgIpc) is 2.72. The van der Waals surface area contributed by atoms with Gasteiger partial charge in [-0.15, -0.1) is 11.8 Å². The molecule has 0 aromatic heterocycles. The van der Waals surface area contributed by atoms with Crippen molar-refractivity contribution in [2.45, 2.75) is 51.6 Å². The molecule has 162 valence electrons. The lowest BCUT2D eigenvalue weighted by atomic mass is 10.1. The molecule has 0 aliphatic rings. The first-order chi connectivity index (χ1) is 14.3. The normalized spacial score (nSPS) is 12.8. The van der Waals surface area contributed by atoms with E-state index in [9.17, 15) is 14.0 Å². The Kier molecular flexibility index (Phi) is 9.85. The van der Waals surface area contributed by atoms with Crippen LogP contribution in [-0.4, -0.2) is 34.6 Å². The number of rotatable bonds is 10. The van der Waals surface area contributed by atoms with Crippen LogP contribution in [0, 0.1) is 5.82 Å². The number of hydrogen-bond acceptors (Lipinski definition) is 3. The first kappa shape index (κ1) is 24.4. The average molecular weight is 495 g/mol. The predicted octanol–water partition coefficient (Wildman–Crippen LogP) is 5.15. The number of carbonyl (C=O) groups is 2. The van der Waals surface area contributed by atoms with Crippen molar-refractivity contribution in [1.29, 1.82) is 0 Å². The van der Waals surface area contributed by atoms with E-state index < -0.39 is 6.04 Å². The molecule has 0 saturated heterocycles. The fourth-order valence-corrected chi connectivity index (χ4v) is 4.12. The molecule has 0 heterocycles. The summed E-state index contributed by atoms with van der Waals surface area (Å²) in [6.45, 7) is 6.07. The van der Waals surface area contributed by atoms with Gasteiger partial charge in [-0.3, -0.25) is 9.59 Å². The molecule has 2 aromatic rings. The number of benzene rings is 2. The van der Waals surface area contributed by atoms with Crippen LogP contribution >= 0.6 is 27.7 Å². The second kappa shape index (κ2) is 12.1. The summed E-state index contributed by atoms with van der Waals surface area (Å²) in [5.74, 6) is 0.308. The number of nitrogens with one attached hydrogen (secondary N) is 1. The van der Waals surface area contributed by atoms with Gasteiger partial charge in [0.1, 0.15) is 11.9 Å². The molecule has 0 aliphatic carbocycles. The van der Waals surface area contributed by atoms with Gasteiger partial charge in [-0.2, -0.15) is 0 Å². The highest BCUT2D eigenvalue weighted by Gasteiger charge is 2.26. The van der Waals surface area contributed by atoms with Crippen LogP contribution in [0.4, 0.5) is 4.39 Å². The topological polar surface area (TPSA) is 49.4 Å². The SMILES string of the molecule is CCC(C)NC(=O)C(C)N(Cc1cccc(Br)c1)C(=O)CSCc1ccc(F)cc1. The van der Waals surface area contributed by atoms with Crippen LogP contribution in [0.2, 0.25) is 0 Å². The van der Waals surface area contributed by atoms with Crippen molar-refractivity contribution in [2.24, 2.45) is 0 Å². The third-order valence-electron chi connectivity index (χ3n) is 4.82. The Labute approximate surface area is 190 Å². The molecule has 0 saturated carbocycles. The van der Waals surface area contributed by atoms with E-state index in [4.69, 9.17) is 0 Å². The van der Waals surface area contributed by atoms with Crippen LogP contribution in [0.3, 0.4) is 0 Å². The lowest BCUT2D eigenvalue weighted by molar-refractivity contribution is -0.138. The molecular weight excluding hydrogens is 467 g/mol. The molecule has 2 amide bonds. The Hall–Kier alpha value is -1.86. The van der Waals surface area contributed by atoms with E-state index in [1.165, 1.54) is 23.9 Å². The number of nitrogens with zero attached hydrogens (tertiary/aromatic N) is 1. The second-order valence-electron chi connectivity index (χ2n) is 7.26. The third kappa shape index (κ3) is 7.76. The van der Waals surface area contributed by atoms with Gasteiger partial charge < -0.3 is 10.2 Å². The van der Waals surface area contributed by atoms with Gasteiger partial charge in [0.2, 0.25) is 11.8 Å². The van der Waals surface area contributed by atoms with Gasteiger partial charge in [-0.25, -0.2) is 4.39 Å². The molecule has 30 heavy (non-hydrogen) atoms. The summed E-state index contributed by atoms with van der Waals surface area (Å²) < 4.78 is 14.0. The third-order valence-corrected chi connectivity index (χ3v) is 6.30. The van der Waals surface area contributed by atoms with Gasteiger partial charge in [-0.1, -0.05) is 47.1 Å². The molecule has 2 aromatic carbocycles. The fourth-order valence-electron chi connectivity index (χ4n) is 2.80. The van der Waals surface area contributed by atoms with Crippen molar-refractivity contribution >= 4 is 39.5 Å². The Bertz CT molecular complexity index is 847. The molecule has 0 spiro atoms. The van der Waals surface area contributed by atoms with E-state index in [2.05, 4.69) is 21.2 Å². The Morgan fingerprint density at radius 2 is 1.83 bits per heavy atom. The summed E-state index contributed by atoms with van der Waals surface area (Å²) >= 11 is 4.91. The number of halogens is 2. The van der Waals surface area contributed by atoms with Crippen molar-refractivity contribution in [2.75, 3.05) is 5.75 Å². The Morgan fingerprint density at radius 1 is 1.13 bits per heavy atom. The van der Waals surface area contributed by atoms with Crippen molar-refractivity contribution < 1.29 is 14.0 Å². The summed E-state index contributed by atoms with van der Waals surface area (Å²) in [4.78, 5) is 27.3. The standard InChI is InChI=1S/C23H28BrFN2O2S/c1-4-16(2)26-23(29)17(3)27(13-19-6-5-7-20(24)12-19)22(28)15-30-14-18-8-10-21(25)11-9-18/h5-12,16-17H,4,13-15H2,1-3H3,(H,26,29). The van der Waals surface area contributed by atoms with E-state index in [1.54, 1.807) is 24.0 Å². The van der Waals surface area contributed by atoms with Crippen molar-refractivity contribution in [3.05, 3.63) is 69.9 Å². The zero-order valence-electron chi connectivity index (χ0n) is 17.5. The molecule has 0 bridgehead atoms. The highest BCUT2D eigenvalue weighted by Crippen LogP contribution is 2.18. The number of hydrogen-bond donors (Lipinski definition) is 1. The summed E-state index contributed by atoms with van der Waals surface area (Å²) in [7, 11) is 0. The monoisotopic (exact) mass is 494 g/mol. The van der Waals surface area contributed by atoms with Gasteiger partial charge in [-0.05, 0) is 55.7 Å². The van der Waals surface area contributed by atoms with Gasteiger partial charge >= 0.3 is 0 Å². The first-order valence-electron chi connectivity index (χ1n) is 9.96. The highest BCUT2D eigenvalue weighted by atomic mass is 79.9. The molecular formula is C23H28BrFN2O2S. The maximum atomic E-state index is 13.1. The zero-order chi connectivity index (χ0) is 22.1. The molecule has 4 nitrogen and oxygen atoms in total. The van der Waals surface area contributed by atoms with Gasteiger partial charge in [0.25, 0.3) is 0 Å². The van der Waals surface area contributed by atoms with Crippen LogP contribution in [0.15, 0.2) is 53.0 Å². The van der Waals surface area contributed by atoms with E-state index in [0.29, 0.717) is 12.3 Å². The molecule has 2 unspecified atom stereocenters. The van der Waals surface area contributed by atoms with E-state index in [0.717, 1.165) is 22.0 Å².